The maximum absolute atomic E-state index is 13.9. The molecule has 4 amide bonds. The van der Waals surface area contributed by atoms with Crippen molar-refractivity contribution in [3.05, 3.63) is 64.7 Å². The lowest BCUT2D eigenvalue weighted by molar-refractivity contribution is -0.133. The maximum atomic E-state index is 13.9. The molecule has 0 aliphatic carbocycles. The molecule has 0 bridgehead atoms. The molecule has 0 heterocycles. The molecule has 0 unspecified atom stereocenters. The second-order valence-corrected chi connectivity index (χ2v) is 11.6. The van der Waals surface area contributed by atoms with Gasteiger partial charge >= 0.3 is 0 Å². The molecule has 0 aliphatic heterocycles. The van der Waals surface area contributed by atoms with Crippen LogP contribution in [0.3, 0.4) is 0 Å². The predicted octanol–water partition coefficient (Wildman–Crippen LogP) is -0.453. The minimum Gasteiger partial charge on any atom is -0.497 e. The summed E-state index contributed by atoms with van der Waals surface area (Å²) in [5, 5.41) is 8.29. The Labute approximate surface area is 276 Å². The summed E-state index contributed by atoms with van der Waals surface area (Å²) in [6.45, 7) is 4.47. The maximum Gasteiger partial charge on any atom is 0.243 e. The second-order valence-electron chi connectivity index (χ2n) is 11.6. The van der Waals surface area contributed by atoms with Gasteiger partial charge in [-0.25, -0.2) is 0 Å². The van der Waals surface area contributed by atoms with Crippen molar-refractivity contribution in [3.63, 3.8) is 0 Å². The normalized spacial score (nSPS) is 13.4. The molecule has 0 radical (unpaired) electrons. The van der Waals surface area contributed by atoms with Crippen LogP contribution in [0.2, 0.25) is 0 Å². The molecule has 14 heteroatoms. The van der Waals surface area contributed by atoms with E-state index in [-0.39, 0.29) is 31.6 Å². The first-order chi connectivity index (χ1) is 22.4. The van der Waals surface area contributed by atoms with Crippen LogP contribution in [0.4, 0.5) is 0 Å². The summed E-state index contributed by atoms with van der Waals surface area (Å²) >= 11 is 0. The number of nitrogens with zero attached hydrogens (tertiary/aromatic N) is 1. The Balaban J connectivity index is 2.32. The van der Waals surface area contributed by atoms with Crippen LogP contribution in [0, 0.1) is 13.8 Å². The number of carbonyl (C=O) groups is 4. The van der Waals surface area contributed by atoms with Crippen molar-refractivity contribution in [1.82, 2.24) is 16.0 Å². The third kappa shape index (κ3) is 13.3. The number of rotatable bonds is 20. The van der Waals surface area contributed by atoms with Crippen molar-refractivity contribution >= 4 is 29.6 Å². The Kier molecular flexibility index (Phi) is 16.2. The van der Waals surface area contributed by atoms with Crippen molar-refractivity contribution in [2.75, 3.05) is 20.2 Å². The molecule has 2 rings (SSSR count). The molecular weight excluding hydrogens is 602 g/mol. The molecule has 0 saturated carbocycles. The molecular formula is C33H51N9O5. The minimum absolute atomic E-state index is 0.0581. The van der Waals surface area contributed by atoms with Gasteiger partial charge in [0.25, 0.3) is 0 Å². The van der Waals surface area contributed by atoms with E-state index in [2.05, 4.69) is 20.9 Å². The monoisotopic (exact) mass is 653 g/mol. The standard InChI is InChI=1S/C33H51N9O5/c1-20-16-23(47-3)17-21(2)24(20)19-28(42-30(44)25(35)12-9-15-39-33(37)38)32(46)40-26(13-7-8-14-34)31(45)41-27(29(36)43)18-22-10-5-4-6-11-22/h4-6,10-11,16-17,25-28H,7-9,12-15,18-19,34-35H2,1-3H3,(H2,36,43)(H,40,46)(H,41,45)(H,42,44)(H4,37,38,39)/t25-,26+,27+,28+/m1/s1. The van der Waals surface area contributed by atoms with E-state index in [1.807, 2.05) is 56.3 Å². The molecule has 0 aromatic heterocycles. The van der Waals surface area contributed by atoms with Crippen molar-refractivity contribution in [3.8, 4) is 5.75 Å². The molecule has 14 nitrogen and oxygen atoms in total. The molecule has 2 aromatic carbocycles. The van der Waals surface area contributed by atoms with Gasteiger partial charge in [0.05, 0.1) is 13.2 Å². The average molecular weight is 654 g/mol. The summed E-state index contributed by atoms with van der Waals surface area (Å²) < 4.78 is 5.38. The number of guanidine groups is 1. The van der Waals surface area contributed by atoms with Crippen LogP contribution in [0.5, 0.6) is 5.75 Å². The topological polar surface area (TPSA) is 256 Å². The SMILES string of the molecule is COc1cc(C)c(C[C@H](NC(=O)[C@H](N)CCCN=C(N)N)C(=O)N[C@@H](CCCCN)C(=O)N[C@@H](Cc2ccccc2)C(N)=O)c(C)c1. The number of nitrogens with two attached hydrogens (primary N) is 5. The van der Waals surface area contributed by atoms with Crippen LogP contribution in [-0.4, -0.2) is 74.0 Å². The van der Waals surface area contributed by atoms with Crippen molar-refractivity contribution in [2.24, 2.45) is 33.7 Å². The van der Waals surface area contributed by atoms with Gasteiger partial charge in [-0.2, -0.15) is 0 Å². The van der Waals surface area contributed by atoms with E-state index in [0.717, 1.165) is 22.3 Å². The van der Waals surface area contributed by atoms with Crippen LogP contribution in [0.15, 0.2) is 47.5 Å². The number of amides is 4. The number of ether oxygens (including phenoxy) is 1. The number of aryl methyl sites for hydroxylation is 2. The molecule has 0 spiro atoms. The highest BCUT2D eigenvalue weighted by Crippen LogP contribution is 2.23. The lowest BCUT2D eigenvalue weighted by Gasteiger charge is -2.26. The highest BCUT2D eigenvalue weighted by Gasteiger charge is 2.30. The van der Waals surface area contributed by atoms with Crippen LogP contribution in [-0.2, 0) is 32.0 Å². The molecule has 13 N–H and O–H groups in total. The van der Waals surface area contributed by atoms with Gasteiger partial charge in [0.2, 0.25) is 23.6 Å². The molecule has 0 fully saturated rings. The number of methoxy groups -OCH3 is 1. The van der Waals surface area contributed by atoms with Crippen LogP contribution in [0.25, 0.3) is 0 Å². The number of nitrogens with one attached hydrogen (secondary N) is 3. The van der Waals surface area contributed by atoms with Gasteiger partial charge in [-0.1, -0.05) is 30.3 Å². The van der Waals surface area contributed by atoms with E-state index >= 15 is 0 Å². The number of benzene rings is 2. The van der Waals surface area contributed by atoms with Gasteiger partial charge in [0, 0.05) is 19.4 Å². The summed E-state index contributed by atoms with van der Waals surface area (Å²) in [4.78, 5) is 56.9. The molecule has 47 heavy (non-hydrogen) atoms. The van der Waals surface area contributed by atoms with Crippen molar-refractivity contribution < 1.29 is 23.9 Å². The van der Waals surface area contributed by atoms with E-state index in [9.17, 15) is 19.2 Å². The van der Waals surface area contributed by atoms with Crippen LogP contribution < -0.4 is 49.4 Å². The molecule has 0 aliphatic rings. The molecule has 2 aromatic rings. The first-order valence-corrected chi connectivity index (χ1v) is 15.8. The highest BCUT2D eigenvalue weighted by atomic mass is 16.5. The van der Waals surface area contributed by atoms with Crippen molar-refractivity contribution in [2.45, 2.75) is 83.0 Å². The average Bonchev–Trinajstić information content (AvgIpc) is 3.03. The van der Waals surface area contributed by atoms with E-state index in [1.54, 1.807) is 7.11 Å². The third-order valence-corrected chi connectivity index (χ3v) is 7.77. The fourth-order valence-electron chi connectivity index (χ4n) is 5.11. The number of hydrogen-bond donors (Lipinski definition) is 8. The minimum atomic E-state index is -1.09. The summed E-state index contributed by atoms with van der Waals surface area (Å²) in [5.41, 5.74) is 31.6. The lowest BCUT2D eigenvalue weighted by atomic mass is 9.95. The molecule has 0 saturated heterocycles. The number of hydrogen-bond acceptors (Lipinski definition) is 8. The summed E-state index contributed by atoms with van der Waals surface area (Å²) in [7, 11) is 1.57. The zero-order valence-corrected chi connectivity index (χ0v) is 27.6. The largest absolute Gasteiger partial charge is 0.497 e. The molecule has 258 valence electrons. The van der Waals surface area contributed by atoms with Gasteiger partial charge in [0.1, 0.15) is 23.9 Å². The Morgan fingerprint density at radius 1 is 0.787 bits per heavy atom. The van der Waals surface area contributed by atoms with E-state index in [1.165, 1.54) is 0 Å². The Bertz CT molecular complexity index is 1340. The summed E-state index contributed by atoms with van der Waals surface area (Å²) in [6.07, 6.45) is 2.42. The molecule has 4 atom stereocenters. The lowest BCUT2D eigenvalue weighted by Crippen LogP contribution is -2.58. The number of primary amides is 1. The number of aliphatic imine (C=N–C) groups is 1. The zero-order chi connectivity index (χ0) is 34.9. The predicted molar refractivity (Wildman–Crippen MR) is 182 cm³/mol. The first-order valence-electron chi connectivity index (χ1n) is 15.8. The quantitative estimate of drug-likeness (QED) is 0.0522. The number of carbonyl (C=O) groups excluding carboxylic acids is 4. The van der Waals surface area contributed by atoms with Crippen LogP contribution in [0.1, 0.15) is 54.4 Å². The van der Waals surface area contributed by atoms with E-state index < -0.39 is 47.8 Å². The van der Waals surface area contributed by atoms with Gasteiger partial charge in [-0.15, -0.1) is 0 Å². The Hall–Kier alpha value is -4.69. The first kappa shape index (κ1) is 38.5. The van der Waals surface area contributed by atoms with E-state index in [4.69, 9.17) is 33.4 Å². The third-order valence-electron chi connectivity index (χ3n) is 7.77. The summed E-state index contributed by atoms with van der Waals surface area (Å²) in [5.74, 6) is -1.82. The Morgan fingerprint density at radius 3 is 1.96 bits per heavy atom. The fraction of sp³-hybridized carbons (Fsp3) is 0.485. The van der Waals surface area contributed by atoms with E-state index in [0.29, 0.717) is 38.1 Å². The van der Waals surface area contributed by atoms with Gasteiger partial charge in [-0.3, -0.25) is 24.2 Å². The Morgan fingerprint density at radius 2 is 1.38 bits per heavy atom. The zero-order valence-electron chi connectivity index (χ0n) is 27.6. The van der Waals surface area contributed by atoms with Gasteiger partial charge in [0.15, 0.2) is 5.96 Å². The second kappa shape index (κ2) is 19.7. The van der Waals surface area contributed by atoms with Crippen molar-refractivity contribution in [1.29, 1.82) is 0 Å². The fourth-order valence-corrected chi connectivity index (χ4v) is 5.11. The summed E-state index contributed by atoms with van der Waals surface area (Å²) in [6, 6.07) is 8.76. The highest BCUT2D eigenvalue weighted by molar-refractivity contribution is 5.94. The van der Waals surface area contributed by atoms with Crippen LogP contribution >= 0.6 is 0 Å². The smallest absolute Gasteiger partial charge is 0.243 e. The van der Waals surface area contributed by atoms with Gasteiger partial charge in [-0.05, 0) is 86.9 Å². The van der Waals surface area contributed by atoms with Gasteiger partial charge < -0.3 is 49.4 Å². The number of unbranched alkanes of at least 4 members (excludes halogenated alkanes) is 1.